The minimum absolute atomic E-state index is 0.0433. The molecule has 1 aromatic heterocycles. The molecule has 1 atom stereocenters. The first-order valence-corrected chi connectivity index (χ1v) is 6.72. The Morgan fingerprint density at radius 3 is 2.72 bits per heavy atom. The van der Waals surface area contributed by atoms with Crippen LogP contribution in [-0.4, -0.2) is 0 Å². The molecule has 1 aliphatic carbocycles. The first kappa shape index (κ1) is 11.5. The quantitative estimate of drug-likeness (QED) is 0.867. The Labute approximate surface area is 108 Å². The molecule has 94 valence electrons. The summed E-state index contributed by atoms with van der Waals surface area (Å²) in [6.07, 6.45) is 4.95. The molecule has 0 fully saturated rings. The van der Waals surface area contributed by atoms with Crippen molar-refractivity contribution in [2.75, 3.05) is 0 Å². The zero-order chi connectivity index (χ0) is 12.5. The fourth-order valence-corrected chi connectivity index (χ4v) is 2.75. The van der Waals surface area contributed by atoms with Gasteiger partial charge in [-0.2, -0.15) is 0 Å². The highest BCUT2D eigenvalue weighted by molar-refractivity contribution is 5.64. The van der Waals surface area contributed by atoms with Gasteiger partial charge < -0.3 is 10.2 Å². The standard InChI is InChI=1S/C16H19NO/c1-11(17)15-9-10-16(18-15)14-8-4-6-12-5-2-3-7-13(12)14/h4,6,8-11H,2-3,5,7,17H2,1H3. The van der Waals surface area contributed by atoms with Crippen LogP contribution in [0.25, 0.3) is 11.3 Å². The van der Waals surface area contributed by atoms with Crippen LogP contribution in [0.2, 0.25) is 0 Å². The molecule has 0 amide bonds. The fraction of sp³-hybridized carbons (Fsp3) is 0.375. The molecule has 1 aromatic carbocycles. The maximum Gasteiger partial charge on any atom is 0.134 e. The van der Waals surface area contributed by atoms with Crippen LogP contribution in [0.4, 0.5) is 0 Å². The normalized spacial score (nSPS) is 16.3. The number of benzene rings is 1. The Kier molecular flexibility index (Phi) is 2.96. The first-order valence-electron chi connectivity index (χ1n) is 6.72. The monoisotopic (exact) mass is 241 g/mol. The number of hydrogen-bond acceptors (Lipinski definition) is 2. The predicted molar refractivity (Wildman–Crippen MR) is 73.4 cm³/mol. The number of fused-ring (bicyclic) bond motifs is 1. The topological polar surface area (TPSA) is 39.2 Å². The molecular formula is C16H19NO. The van der Waals surface area contributed by atoms with Crippen molar-refractivity contribution < 1.29 is 4.42 Å². The fourth-order valence-electron chi connectivity index (χ4n) is 2.75. The van der Waals surface area contributed by atoms with Gasteiger partial charge in [-0.3, -0.25) is 0 Å². The number of aryl methyl sites for hydroxylation is 1. The van der Waals surface area contributed by atoms with E-state index >= 15 is 0 Å². The molecule has 0 saturated carbocycles. The molecule has 2 aromatic rings. The van der Waals surface area contributed by atoms with Crippen LogP contribution < -0.4 is 5.73 Å². The van der Waals surface area contributed by atoms with E-state index in [0.29, 0.717) is 0 Å². The van der Waals surface area contributed by atoms with E-state index in [4.69, 9.17) is 10.2 Å². The number of nitrogens with two attached hydrogens (primary N) is 1. The van der Waals surface area contributed by atoms with Crippen molar-refractivity contribution in [2.45, 2.75) is 38.6 Å². The molecule has 1 unspecified atom stereocenters. The van der Waals surface area contributed by atoms with Crippen LogP contribution in [0.15, 0.2) is 34.7 Å². The third kappa shape index (κ3) is 1.97. The smallest absolute Gasteiger partial charge is 0.134 e. The largest absolute Gasteiger partial charge is 0.459 e. The van der Waals surface area contributed by atoms with Crippen LogP contribution >= 0.6 is 0 Å². The van der Waals surface area contributed by atoms with Gasteiger partial charge in [0, 0.05) is 5.56 Å². The molecule has 2 N–H and O–H groups in total. The Morgan fingerprint density at radius 1 is 1.11 bits per heavy atom. The third-order valence-electron chi connectivity index (χ3n) is 3.74. The molecule has 0 bridgehead atoms. The summed E-state index contributed by atoms with van der Waals surface area (Å²) in [5, 5.41) is 0. The van der Waals surface area contributed by atoms with Crippen LogP contribution in [0.3, 0.4) is 0 Å². The lowest BCUT2D eigenvalue weighted by Gasteiger charge is -2.18. The second-order valence-electron chi connectivity index (χ2n) is 5.14. The predicted octanol–water partition coefficient (Wildman–Crippen LogP) is 3.85. The van der Waals surface area contributed by atoms with Gasteiger partial charge in [-0.05, 0) is 55.9 Å². The summed E-state index contributed by atoms with van der Waals surface area (Å²) in [6, 6.07) is 10.5. The highest BCUT2D eigenvalue weighted by Crippen LogP contribution is 2.33. The summed E-state index contributed by atoms with van der Waals surface area (Å²) in [5.41, 5.74) is 10.0. The van der Waals surface area contributed by atoms with Crippen molar-refractivity contribution in [1.82, 2.24) is 0 Å². The third-order valence-corrected chi connectivity index (χ3v) is 3.74. The van der Waals surface area contributed by atoms with E-state index in [9.17, 15) is 0 Å². The average Bonchev–Trinajstić information content (AvgIpc) is 2.87. The van der Waals surface area contributed by atoms with Crippen molar-refractivity contribution in [3.05, 3.63) is 47.2 Å². The van der Waals surface area contributed by atoms with Crippen molar-refractivity contribution in [3.63, 3.8) is 0 Å². The second-order valence-corrected chi connectivity index (χ2v) is 5.14. The van der Waals surface area contributed by atoms with Gasteiger partial charge in [-0.15, -0.1) is 0 Å². The lowest BCUT2D eigenvalue weighted by Crippen LogP contribution is -2.04. The molecule has 18 heavy (non-hydrogen) atoms. The molecule has 0 aliphatic heterocycles. The summed E-state index contributed by atoms with van der Waals surface area (Å²) in [6.45, 7) is 1.95. The zero-order valence-corrected chi connectivity index (χ0v) is 10.8. The summed E-state index contributed by atoms with van der Waals surface area (Å²) >= 11 is 0. The lowest BCUT2D eigenvalue weighted by atomic mass is 9.87. The maximum absolute atomic E-state index is 5.87. The Morgan fingerprint density at radius 2 is 1.94 bits per heavy atom. The highest BCUT2D eigenvalue weighted by atomic mass is 16.3. The van der Waals surface area contributed by atoms with E-state index in [1.165, 1.54) is 42.4 Å². The molecule has 3 rings (SSSR count). The molecule has 1 aliphatic rings. The van der Waals surface area contributed by atoms with Gasteiger partial charge in [0.05, 0.1) is 6.04 Å². The van der Waals surface area contributed by atoms with Crippen molar-refractivity contribution in [3.8, 4) is 11.3 Å². The molecule has 0 radical (unpaired) electrons. The average molecular weight is 241 g/mol. The van der Waals surface area contributed by atoms with E-state index in [0.717, 1.165) is 11.5 Å². The molecule has 1 heterocycles. The zero-order valence-electron chi connectivity index (χ0n) is 10.8. The van der Waals surface area contributed by atoms with E-state index in [-0.39, 0.29) is 6.04 Å². The van der Waals surface area contributed by atoms with Crippen molar-refractivity contribution in [1.29, 1.82) is 0 Å². The second kappa shape index (κ2) is 4.62. The van der Waals surface area contributed by atoms with E-state index in [1.807, 2.05) is 19.1 Å². The molecular weight excluding hydrogens is 222 g/mol. The molecule has 0 spiro atoms. The summed E-state index contributed by atoms with van der Waals surface area (Å²) < 4.78 is 5.87. The molecule has 0 saturated heterocycles. The Balaban J connectivity index is 2.05. The van der Waals surface area contributed by atoms with Crippen molar-refractivity contribution >= 4 is 0 Å². The number of hydrogen-bond donors (Lipinski definition) is 1. The van der Waals surface area contributed by atoms with Gasteiger partial charge in [-0.25, -0.2) is 0 Å². The van der Waals surface area contributed by atoms with E-state index in [2.05, 4.69) is 18.2 Å². The van der Waals surface area contributed by atoms with Gasteiger partial charge >= 0.3 is 0 Å². The minimum atomic E-state index is -0.0433. The van der Waals surface area contributed by atoms with Crippen molar-refractivity contribution in [2.24, 2.45) is 5.73 Å². The lowest BCUT2D eigenvalue weighted by molar-refractivity contribution is 0.490. The van der Waals surface area contributed by atoms with Gasteiger partial charge in [0.15, 0.2) is 0 Å². The Bertz CT molecular complexity index is 554. The summed E-state index contributed by atoms with van der Waals surface area (Å²) in [4.78, 5) is 0. The van der Waals surface area contributed by atoms with Crippen LogP contribution in [-0.2, 0) is 12.8 Å². The summed E-state index contributed by atoms with van der Waals surface area (Å²) in [5.74, 6) is 1.82. The molecule has 2 heteroatoms. The van der Waals surface area contributed by atoms with Gasteiger partial charge in [0.25, 0.3) is 0 Å². The van der Waals surface area contributed by atoms with Crippen LogP contribution in [0.1, 0.15) is 42.7 Å². The van der Waals surface area contributed by atoms with Gasteiger partial charge in [-0.1, -0.05) is 18.2 Å². The maximum atomic E-state index is 5.87. The minimum Gasteiger partial charge on any atom is -0.459 e. The van der Waals surface area contributed by atoms with Gasteiger partial charge in [0.1, 0.15) is 11.5 Å². The number of furan rings is 1. The van der Waals surface area contributed by atoms with Crippen LogP contribution in [0, 0.1) is 0 Å². The first-order chi connectivity index (χ1) is 8.75. The van der Waals surface area contributed by atoms with Gasteiger partial charge in [0.2, 0.25) is 0 Å². The molecule has 2 nitrogen and oxygen atoms in total. The van der Waals surface area contributed by atoms with E-state index < -0.39 is 0 Å². The SMILES string of the molecule is CC(N)c1ccc(-c2cccc3c2CCCC3)o1. The summed E-state index contributed by atoms with van der Waals surface area (Å²) in [7, 11) is 0. The van der Waals surface area contributed by atoms with Crippen LogP contribution in [0.5, 0.6) is 0 Å². The Hall–Kier alpha value is -1.54. The number of rotatable bonds is 2. The highest BCUT2D eigenvalue weighted by Gasteiger charge is 2.16. The van der Waals surface area contributed by atoms with E-state index in [1.54, 1.807) is 0 Å².